The highest BCUT2D eigenvalue weighted by Crippen LogP contribution is 2.22. The summed E-state index contributed by atoms with van der Waals surface area (Å²) < 4.78 is 7.75. The standard InChI is InChI=1S/C19H20N4O2/c1-15-20-11-13-23(15)12-9-18(24)22-14-16-6-5-10-21-19(16)25-17-7-3-2-4-8-17/h2-8,10-11,13H,9,12,14H2,1H3,(H,22,24). The summed E-state index contributed by atoms with van der Waals surface area (Å²) in [5.74, 6) is 2.09. The normalized spacial score (nSPS) is 10.4. The second kappa shape index (κ2) is 8.10. The second-order valence-electron chi connectivity index (χ2n) is 5.58. The summed E-state index contributed by atoms with van der Waals surface area (Å²) in [5.41, 5.74) is 0.832. The van der Waals surface area contributed by atoms with Gasteiger partial charge in [-0.2, -0.15) is 0 Å². The van der Waals surface area contributed by atoms with Crippen molar-refractivity contribution in [2.24, 2.45) is 0 Å². The highest BCUT2D eigenvalue weighted by Gasteiger charge is 2.08. The molecule has 0 radical (unpaired) electrons. The van der Waals surface area contributed by atoms with E-state index in [4.69, 9.17) is 4.74 Å². The minimum atomic E-state index is -0.0254. The fourth-order valence-corrected chi connectivity index (χ4v) is 2.39. The monoisotopic (exact) mass is 336 g/mol. The third-order valence-corrected chi connectivity index (χ3v) is 3.79. The highest BCUT2D eigenvalue weighted by atomic mass is 16.5. The van der Waals surface area contributed by atoms with Crippen molar-refractivity contribution in [3.63, 3.8) is 0 Å². The first-order valence-electron chi connectivity index (χ1n) is 8.13. The first-order chi connectivity index (χ1) is 12.2. The number of ether oxygens (including phenoxy) is 1. The Hall–Kier alpha value is -3.15. The van der Waals surface area contributed by atoms with E-state index in [0.29, 0.717) is 31.1 Å². The Kier molecular flexibility index (Phi) is 5.41. The number of nitrogens with zero attached hydrogens (tertiary/aromatic N) is 3. The third kappa shape index (κ3) is 4.67. The van der Waals surface area contributed by atoms with Crippen molar-refractivity contribution < 1.29 is 9.53 Å². The molecule has 0 aliphatic heterocycles. The molecular weight excluding hydrogens is 316 g/mol. The van der Waals surface area contributed by atoms with E-state index in [9.17, 15) is 4.79 Å². The predicted octanol–water partition coefficient (Wildman–Crippen LogP) is 3.09. The van der Waals surface area contributed by atoms with Crippen molar-refractivity contribution in [1.29, 1.82) is 0 Å². The first-order valence-corrected chi connectivity index (χ1v) is 8.13. The van der Waals surface area contributed by atoms with Crippen LogP contribution in [0.3, 0.4) is 0 Å². The Morgan fingerprint density at radius 1 is 1.12 bits per heavy atom. The number of hydrogen-bond donors (Lipinski definition) is 1. The molecule has 0 aliphatic carbocycles. The van der Waals surface area contributed by atoms with Crippen LogP contribution in [0.15, 0.2) is 61.1 Å². The van der Waals surface area contributed by atoms with E-state index in [1.165, 1.54) is 0 Å². The topological polar surface area (TPSA) is 69.0 Å². The summed E-state index contributed by atoms with van der Waals surface area (Å²) in [6, 6.07) is 13.2. The number of aromatic nitrogens is 3. The number of aryl methyl sites for hydroxylation is 2. The second-order valence-corrected chi connectivity index (χ2v) is 5.58. The zero-order valence-electron chi connectivity index (χ0n) is 14.1. The van der Waals surface area contributed by atoms with E-state index in [1.807, 2.05) is 60.2 Å². The highest BCUT2D eigenvalue weighted by molar-refractivity contribution is 5.75. The van der Waals surface area contributed by atoms with Gasteiger partial charge in [0, 0.05) is 43.7 Å². The molecular formula is C19H20N4O2. The average molecular weight is 336 g/mol. The van der Waals surface area contributed by atoms with Gasteiger partial charge in [0.2, 0.25) is 11.8 Å². The van der Waals surface area contributed by atoms with Gasteiger partial charge in [-0.25, -0.2) is 9.97 Å². The van der Waals surface area contributed by atoms with Crippen molar-refractivity contribution in [1.82, 2.24) is 19.9 Å². The smallest absolute Gasteiger partial charge is 0.224 e. The lowest BCUT2D eigenvalue weighted by Crippen LogP contribution is -2.24. The minimum absolute atomic E-state index is 0.0254. The van der Waals surface area contributed by atoms with Crippen LogP contribution >= 0.6 is 0 Å². The van der Waals surface area contributed by atoms with Crippen LogP contribution in [0.5, 0.6) is 11.6 Å². The SMILES string of the molecule is Cc1nccn1CCC(=O)NCc1cccnc1Oc1ccccc1. The largest absolute Gasteiger partial charge is 0.439 e. The van der Waals surface area contributed by atoms with Gasteiger partial charge in [0.05, 0.1) is 0 Å². The number of amides is 1. The number of imidazole rings is 1. The van der Waals surface area contributed by atoms with Crippen molar-refractivity contribution >= 4 is 5.91 Å². The fourth-order valence-electron chi connectivity index (χ4n) is 2.39. The number of carbonyl (C=O) groups excluding carboxylic acids is 1. The summed E-state index contributed by atoms with van der Waals surface area (Å²) in [4.78, 5) is 20.5. The molecule has 2 aromatic heterocycles. The molecule has 3 aromatic rings. The molecule has 6 heteroatoms. The van der Waals surface area contributed by atoms with E-state index in [2.05, 4.69) is 15.3 Å². The van der Waals surface area contributed by atoms with Gasteiger partial charge < -0.3 is 14.6 Å². The van der Waals surface area contributed by atoms with Gasteiger partial charge in [-0.05, 0) is 25.1 Å². The Balaban J connectivity index is 1.56. The van der Waals surface area contributed by atoms with Crippen LogP contribution in [0.1, 0.15) is 17.8 Å². The fraction of sp³-hybridized carbons (Fsp3) is 0.211. The summed E-state index contributed by atoms with van der Waals surface area (Å²) in [5, 5.41) is 2.91. The molecule has 3 rings (SSSR count). The van der Waals surface area contributed by atoms with E-state index >= 15 is 0 Å². The number of nitrogens with one attached hydrogen (secondary N) is 1. The van der Waals surface area contributed by atoms with Crippen LogP contribution in [0.2, 0.25) is 0 Å². The van der Waals surface area contributed by atoms with Crippen LogP contribution in [-0.2, 0) is 17.9 Å². The molecule has 0 aliphatic rings. The zero-order chi connectivity index (χ0) is 17.5. The van der Waals surface area contributed by atoms with Crippen molar-refractivity contribution in [3.05, 3.63) is 72.4 Å². The Labute approximate surface area is 146 Å². The average Bonchev–Trinajstić information content (AvgIpc) is 3.05. The van der Waals surface area contributed by atoms with E-state index in [-0.39, 0.29) is 5.91 Å². The Morgan fingerprint density at radius 2 is 1.96 bits per heavy atom. The molecule has 6 nitrogen and oxygen atoms in total. The first kappa shape index (κ1) is 16.7. The van der Waals surface area contributed by atoms with Crippen molar-refractivity contribution in [2.45, 2.75) is 26.4 Å². The van der Waals surface area contributed by atoms with Crippen LogP contribution < -0.4 is 10.1 Å². The maximum absolute atomic E-state index is 12.1. The summed E-state index contributed by atoms with van der Waals surface area (Å²) in [6.45, 7) is 2.90. The molecule has 1 amide bonds. The molecule has 2 heterocycles. The van der Waals surface area contributed by atoms with Crippen LogP contribution in [-0.4, -0.2) is 20.4 Å². The van der Waals surface area contributed by atoms with Gasteiger partial charge in [-0.15, -0.1) is 0 Å². The molecule has 0 bridgehead atoms. The number of carbonyl (C=O) groups is 1. The number of benzene rings is 1. The van der Waals surface area contributed by atoms with E-state index in [0.717, 1.165) is 11.4 Å². The number of para-hydroxylation sites is 1. The molecule has 0 saturated carbocycles. The van der Waals surface area contributed by atoms with Crippen LogP contribution in [0, 0.1) is 6.92 Å². The van der Waals surface area contributed by atoms with Gasteiger partial charge in [0.25, 0.3) is 0 Å². The Morgan fingerprint density at radius 3 is 2.72 bits per heavy atom. The molecule has 1 N–H and O–H groups in total. The van der Waals surface area contributed by atoms with Crippen LogP contribution in [0.4, 0.5) is 0 Å². The van der Waals surface area contributed by atoms with Crippen molar-refractivity contribution in [2.75, 3.05) is 0 Å². The lowest BCUT2D eigenvalue weighted by molar-refractivity contribution is -0.121. The lowest BCUT2D eigenvalue weighted by Gasteiger charge is -2.11. The number of hydrogen-bond acceptors (Lipinski definition) is 4. The lowest BCUT2D eigenvalue weighted by atomic mass is 10.2. The Bertz CT molecular complexity index is 830. The molecule has 25 heavy (non-hydrogen) atoms. The predicted molar refractivity (Wildman–Crippen MR) is 94.2 cm³/mol. The van der Waals surface area contributed by atoms with E-state index < -0.39 is 0 Å². The molecule has 0 fully saturated rings. The van der Waals surface area contributed by atoms with Crippen LogP contribution in [0.25, 0.3) is 0 Å². The van der Waals surface area contributed by atoms with Gasteiger partial charge >= 0.3 is 0 Å². The van der Waals surface area contributed by atoms with E-state index in [1.54, 1.807) is 12.4 Å². The van der Waals surface area contributed by atoms with Gasteiger partial charge in [0.15, 0.2) is 0 Å². The molecule has 0 atom stereocenters. The maximum atomic E-state index is 12.1. The summed E-state index contributed by atoms with van der Waals surface area (Å²) >= 11 is 0. The quantitative estimate of drug-likeness (QED) is 0.720. The molecule has 0 saturated heterocycles. The molecule has 0 spiro atoms. The number of pyridine rings is 1. The van der Waals surface area contributed by atoms with Crippen molar-refractivity contribution in [3.8, 4) is 11.6 Å². The maximum Gasteiger partial charge on any atom is 0.224 e. The van der Waals surface area contributed by atoms with Gasteiger partial charge in [-0.3, -0.25) is 4.79 Å². The summed E-state index contributed by atoms with van der Waals surface area (Å²) in [7, 11) is 0. The minimum Gasteiger partial charge on any atom is -0.439 e. The third-order valence-electron chi connectivity index (χ3n) is 3.79. The summed E-state index contributed by atoms with van der Waals surface area (Å²) in [6.07, 6.45) is 5.67. The molecule has 1 aromatic carbocycles. The van der Waals surface area contributed by atoms with Gasteiger partial charge in [-0.1, -0.05) is 24.3 Å². The van der Waals surface area contributed by atoms with Gasteiger partial charge in [0.1, 0.15) is 11.6 Å². The zero-order valence-corrected chi connectivity index (χ0v) is 14.1. The molecule has 128 valence electrons. The molecule has 0 unspecified atom stereocenters. The number of rotatable bonds is 7.